The van der Waals surface area contributed by atoms with Crippen molar-refractivity contribution in [2.45, 2.75) is 6.92 Å². The van der Waals surface area contributed by atoms with Crippen molar-refractivity contribution in [2.24, 2.45) is 0 Å². The van der Waals surface area contributed by atoms with Gasteiger partial charge in [0.05, 0.1) is 24.5 Å². The van der Waals surface area contributed by atoms with Crippen LogP contribution in [-0.4, -0.2) is 55.2 Å². The number of aromatic hydroxyl groups is 1. The van der Waals surface area contributed by atoms with Crippen molar-refractivity contribution in [3.05, 3.63) is 48.5 Å². The maximum Gasteiger partial charge on any atom is 0.238 e. The van der Waals surface area contributed by atoms with Crippen molar-refractivity contribution in [3.8, 4) is 11.5 Å². The largest absolute Gasteiger partial charge is 0.506 e. The Kier molecular flexibility index (Phi) is 5.96. The molecule has 1 saturated heterocycles. The summed E-state index contributed by atoms with van der Waals surface area (Å²) in [6, 6.07) is 14.8. The highest BCUT2D eigenvalue weighted by Gasteiger charge is 2.21. The van der Waals surface area contributed by atoms with Crippen LogP contribution in [0.1, 0.15) is 6.92 Å². The number of hydrogen-bond donors (Lipinski definition) is 2. The monoisotopic (exact) mass is 355 g/mol. The van der Waals surface area contributed by atoms with Gasteiger partial charge in [0.1, 0.15) is 11.5 Å². The number of carbonyl (C=O) groups is 1. The minimum absolute atomic E-state index is 0.0480. The van der Waals surface area contributed by atoms with E-state index in [0.717, 1.165) is 31.9 Å². The number of carbonyl (C=O) groups excluding carboxylic acids is 1. The molecule has 6 heteroatoms. The number of nitrogens with zero attached hydrogens (tertiary/aromatic N) is 2. The zero-order valence-electron chi connectivity index (χ0n) is 15.0. The molecular formula is C20H25N3O3. The standard InChI is InChI=1S/C20H25N3O3/c1-2-26-19-10-6-3-7-16(19)21-20(25)15-22-11-13-23(14-12-22)17-8-4-5-9-18(17)24/h3-10,24H,2,11-15H2,1H3,(H,21,25). The van der Waals surface area contributed by atoms with Gasteiger partial charge in [-0.2, -0.15) is 0 Å². The predicted molar refractivity (Wildman–Crippen MR) is 103 cm³/mol. The topological polar surface area (TPSA) is 65.0 Å². The lowest BCUT2D eigenvalue weighted by molar-refractivity contribution is -0.117. The molecule has 26 heavy (non-hydrogen) atoms. The molecular weight excluding hydrogens is 330 g/mol. The molecule has 0 radical (unpaired) electrons. The number of ether oxygens (including phenoxy) is 1. The van der Waals surface area contributed by atoms with Gasteiger partial charge in [0.2, 0.25) is 5.91 Å². The molecule has 1 aliphatic heterocycles. The Balaban J connectivity index is 1.52. The lowest BCUT2D eigenvalue weighted by Gasteiger charge is -2.35. The number of phenols is 1. The van der Waals surface area contributed by atoms with Crippen LogP contribution in [0.15, 0.2) is 48.5 Å². The molecule has 138 valence electrons. The molecule has 1 fully saturated rings. The summed E-state index contributed by atoms with van der Waals surface area (Å²) in [5, 5.41) is 12.9. The molecule has 1 heterocycles. The molecule has 0 aromatic heterocycles. The average molecular weight is 355 g/mol. The van der Waals surface area contributed by atoms with Gasteiger partial charge in [-0.3, -0.25) is 9.69 Å². The molecule has 0 unspecified atom stereocenters. The van der Waals surface area contributed by atoms with E-state index in [1.807, 2.05) is 49.4 Å². The van der Waals surface area contributed by atoms with Gasteiger partial charge in [0, 0.05) is 26.2 Å². The summed E-state index contributed by atoms with van der Waals surface area (Å²) in [7, 11) is 0. The molecule has 0 bridgehead atoms. The third kappa shape index (κ3) is 4.46. The second-order valence-electron chi connectivity index (χ2n) is 6.23. The van der Waals surface area contributed by atoms with Crippen molar-refractivity contribution in [3.63, 3.8) is 0 Å². The first kappa shape index (κ1) is 18.1. The van der Waals surface area contributed by atoms with Crippen LogP contribution in [0.4, 0.5) is 11.4 Å². The zero-order valence-corrected chi connectivity index (χ0v) is 15.0. The number of benzene rings is 2. The molecule has 2 aromatic rings. The maximum absolute atomic E-state index is 12.4. The van der Waals surface area contributed by atoms with Crippen LogP contribution in [0.25, 0.3) is 0 Å². The van der Waals surface area contributed by atoms with Gasteiger partial charge in [-0.1, -0.05) is 24.3 Å². The Morgan fingerprint density at radius 3 is 2.50 bits per heavy atom. The number of hydrogen-bond acceptors (Lipinski definition) is 5. The van der Waals surface area contributed by atoms with E-state index in [2.05, 4.69) is 15.1 Å². The first-order valence-electron chi connectivity index (χ1n) is 8.94. The molecule has 1 amide bonds. The van der Waals surface area contributed by atoms with Crippen LogP contribution in [-0.2, 0) is 4.79 Å². The lowest BCUT2D eigenvalue weighted by Crippen LogP contribution is -2.48. The van der Waals surface area contributed by atoms with Gasteiger partial charge < -0.3 is 20.1 Å². The van der Waals surface area contributed by atoms with Crippen LogP contribution in [0.2, 0.25) is 0 Å². The van der Waals surface area contributed by atoms with Crippen LogP contribution in [0.3, 0.4) is 0 Å². The van der Waals surface area contributed by atoms with Crippen LogP contribution in [0.5, 0.6) is 11.5 Å². The summed E-state index contributed by atoms with van der Waals surface area (Å²) in [5.74, 6) is 0.937. The molecule has 0 saturated carbocycles. The fourth-order valence-electron chi connectivity index (χ4n) is 3.12. The summed E-state index contributed by atoms with van der Waals surface area (Å²) in [5.41, 5.74) is 1.55. The maximum atomic E-state index is 12.4. The highest BCUT2D eigenvalue weighted by atomic mass is 16.5. The minimum atomic E-state index is -0.0480. The fourth-order valence-corrected chi connectivity index (χ4v) is 3.12. The summed E-state index contributed by atoms with van der Waals surface area (Å²) in [4.78, 5) is 16.6. The third-order valence-corrected chi connectivity index (χ3v) is 4.42. The number of amides is 1. The second kappa shape index (κ2) is 8.58. The number of nitrogens with one attached hydrogen (secondary N) is 1. The van der Waals surface area contributed by atoms with E-state index < -0.39 is 0 Å². The Labute approximate surface area is 154 Å². The highest BCUT2D eigenvalue weighted by molar-refractivity contribution is 5.93. The van der Waals surface area contributed by atoms with Gasteiger partial charge in [-0.15, -0.1) is 0 Å². The van der Waals surface area contributed by atoms with Gasteiger partial charge in [0.15, 0.2) is 0 Å². The Hall–Kier alpha value is -2.73. The van der Waals surface area contributed by atoms with Crippen molar-refractivity contribution in [2.75, 3.05) is 49.5 Å². The van der Waals surface area contributed by atoms with Crippen LogP contribution in [0, 0.1) is 0 Å². The normalized spacial score (nSPS) is 14.9. The molecule has 2 N–H and O–H groups in total. The molecule has 1 aliphatic rings. The van der Waals surface area contributed by atoms with Crippen molar-refractivity contribution < 1.29 is 14.6 Å². The molecule has 3 rings (SSSR count). The van der Waals surface area contributed by atoms with Gasteiger partial charge in [-0.25, -0.2) is 0 Å². The van der Waals surface area contributed by atoms with Crippen molar-refractivity contribution in [1.29, 1.82) is 0 Å². The molecule has 2 aromatic carbocycles. The first-order valence-corrected chi connectivity index (χ1v) is 8.94. The van der Waals surface area contributed by atoms with Gasteiger partial charge in [-0.05, 0) is 31.2 Å². The summed E-state index contributed by atoms with van der Waals surface area (Å²) >= 11 is 0. The number of phenolic OH excluding ortho intramolecular Hbond substituents is 1. The quantitative estimate of drug-likeness (QED) is 0.834. The number of para-hydroxylation sites is 4. The van der Waals surface area contributed by atoms with E-state index in [1.54, 1.807) is 6.07 Å². The van der Waals surface area contributed by atoms with E-state index >= 15 is 0 Å². The van der Waals surface area contributed by atoms with Crippen LogP contribution >= 0.6 is 0 Å². The SMILES string of the molecule is CCOc1ccccc1NC(=O)CN1CCN(c2ccccc2O)CC1. The van der Waals surface area contributed by atoms with Gasteiger partial charge >= 0.3 is 0 Å². The van der Waals surface area contributed by atoms with Crippen LogP contribution < -0.4 is 15.0 Å². The second-order valence-corrected chi connectivity index (χ2v) is 6.23. The predicted octanol–water partition coefficient (Wildman–Crippen LogP) is 2.55. The van der Waals surface area contributed by atoms with Gasteiger partial charge in [0.25, 0.3) is 0 Å². The third-order valence-electron chi connectivity index (χ3n) is 4.42. The smallest absolute Gasteiger partial charge is 0.238 e. The van der Waals surface area contributed by atoms with Crippen molar-refractivity contribution in [1.82, 2.24) is 4.90 Å². The highest BCUT2D eigenvalue weighted by Crippen LogP contribution is 2.27. The molecule has 0 aliphatic carbocycles. The summed E-state index contributed by atoms with van der Waals surface area (Å²) in [6.07, 6.45) is 0. The van der Waals surface area contributed by atoms with E-state index in [0.29, 0.717) is 30.3 Å². The summed E-state index contributed by atoms with van der Waals surface area (Å²) < 4.78 is 5.54. The van der Waals surface area contributed by atoms with Crippen molar-refractivity contribution >= 4 is 17.3 Å². The van der Waals surface area contributed by atoms with E-state index in [1.165, 1.54) is 0 Å². The lowest BCUT2D eigenvalue weighted by atomic mass is 10.2. The molecule has 0 spiro atoms. The van der Waals surface area contributed by atoms with E-state index in [9.17, 15) is 9.90 Å². The number of anilines is 2. The average Bonchev–Trinajstić information content (AvgIpc) is 2.65. The fraction of sp³-hybridized carbons (Fsp3) is 0.350. The minimum Gasteiger partial charge on any atom is -0.506 e. The zero-order chi connectivity index (χ0) is 18.4. The molecule has 0 atom stereocenters. The number of piperazine rings is 1. The Morgan fingerprint density at radius 2 is 1.77 bits per heavy atom. The molecule has 6 nitrogen and oxygen atoms in total. The first-order chi connectivity index (χ1) is 12.7. The van der Waals surface area contributed by atoms with E-state index in [4.69, 9.17) is 4.74 Å². The summed E-state index contributed by atoms with van der Waals surface area (Å²) in [6.45, 7) is 5.92. The Morgan fingerprint density at radius 1 is 1.08 bits per heavy atom. The van der Waals surface area contributed by atoms with E-state index in [-0.39, 0.29) is 5.91 Å². The number of rotatable bonds is 6. The Bertz CT molecular complexity index is 743.